The van der Waals surface area contributed by atoms with Crippen LogP contribution < -0.4 is 5.32 Å². The number of nitrogens with one attached hydrogen (secondary N) is 1. The molecule has 1 fully saturated rings. The molecule has 6 nitrogen and oxygen atoms in total. The third kappa shape index (κ3) is 4.73. The Morgan fingerprint density at radius 3 is 2.72 bits per heavy atom. The summed E-state index contributed by atoms with van der Waals surface area (Å²) in [5.74, 6) is -0.277. The molecule has 9 heteroatoms. The van der Waals surface area contributed by atoms with Crippen molar-refractivity contribution < 1.29 is 13.6 Å². The highest BCUT2D eigenvalue weighted by Crippen LogP contribution is 2.27. The number of carbonyl (C=O) groups excluding carboxylic acids is 1. The van der Waals surface area contributed by atoms with Gasteiger partial charge >= 0.3 is 0 Å². The largest absolute Gasteiger partial charge is 0.310 e. The zero-order chi connectivity index (χ0) is 20.4. The molecule has 0 bridgehead atoms. The van der Waals surface area contributed by atoms with Gasteiger partial charge in [-0.1, -0.05) is 23.5 Å². The summed E-state index contributed by atoms with van der Waals surface area (Å²) >= 11 is 1.53. The first kappa shape index (κ1) is 19.8. The van der Waals surface area contributed by atoms with Crippen molar-refractivity contribution in [1.82, 2.24) is 20.1 Å². The standard InChI is InChI=1S/C20H21F2N5OS/c1-12-25-26-20(29-12)14-2-3-15-10-23-17(9-16(15)8-14)24-18(28)11-27-6-4-13(5-7-27)19(21)22/h2-3,8-10,13,19H,4-7,11H2,1H3,(H,23,24,28). The molecular formula is C20H21F2N5OS. The van der Waals surface area contributed by atoms with Crippen LogP contribution in [-0.4, -0.2) is 52.0 Å². The minimum atomic E-state index is -2.28. The van der Waals surface area contributed by atoms with Gasteiger partial charge in [0.25, 0.3) is 0 Å². The van der Waals surface area contributed by atoms with E-state index in [1.807, 2.05) is 36.1 Å². The van der Waals surface area contributed by atoms with Gasteiger partial charge in [-0.05, 0) is 50.4 Å². The first-order valence-corrected chi connectivity index (χ1v) is 10.3. The van der Waals surface area contributed by atoms with Gasteiger partial charge in [0.2, 0.25) is 12.3 Å². The van der Waals surface area contributed by atoms with Crippen molar-refractivity contribution in [2.24, 2.45) is 5.92 Å². The SMILES string of the molecule is Cc1nnc(-c2ccc3cnc(NC(=O)CN4CCC(C(F)F)CC4)cc3c2)s1. The highest BCUT2D eigenvalue weighted by Gasteiger charge is 2.26. The van der Waals surface area contributed by atoms with Crippen LogP contribution in [0.4, 0.5) is 14.6 Å². The quantitative estimate of drug-likeness (QED) is 0.680. The molecule has 3 heterocycles. The summed E-state index contributed by atoms with van der Waals surface area (Å²) in [4.78, 5) is 18.6. The van der Waals surface area contributed by atoms with Crippen LogP contribution in [0.25, 0.3) is 21.3 Å². The summed E-state index contributed by atoms with van der Waals surface area (Å²) in [5.41, 5.74) is 0.966. The number of fused-ring (bicyclic) bond motifs is 1. The van der Waals surface area contributed by atoms with Crippen LogP contribution in [0.15, 0.2) is 30.5 Å². The molecule has 2 aromatic heterocycles. The molecule has 152 valence electrons. The fraction of sp³-hybridized carbons (Fsp3) is 0.400. The van der Waals surface area contributed by atoms with Crippen LogP contribution in [0.3, 0.4) is 0 Å². The summed E-state index contributed by atoms with van der Waals surface area (Å²) < 4.78 is 25.5. The van der Waals surface area contributed by atoms with Gasteiger partial charge in [-0.15, -0.1) is 10.2 Å². The Kier molecular flexibility index (Phi) is 5.77. The number of halogens is 2. The summed E-state index contributed by atoms with van der Waals surface area (Å²) in [7, 11) is 0. The molecule has 4 rings (SSSR count). The van der Waals surface area contributed by atoms with Crippen molar-refractivity contribution in [3.63, 3.8) is 0 Å². The lowest BCUT2D eigenvalue weighted by atomic mass is 9.97. The average molecular weight is 417 g/mol. The van der Waals surface area contributed by atoms with Crippen LogP contribution in [0, 0.1) is 12.8 Å². The Balaban J connectivity index is 1.42. The third-order valence-corrected chi connectivity index (χ3v) is 6.01. The van der Waals surface area contributed by atoms with E-state index in [4.69, 9.17) is 0 Å². The second-order valence-electron chi connectivity index (χ2n) is 7.25. The molecule has 1 amide bonds. The van der Waals surface area contributed by atoms with Crippen molar-refractivity contribution in [3.8, 4) is 10.6 Å². The van der Waals surface area contributed by atoms with Crippen LogP contribution in [-0.2, 0) is 4.79 Å². The number of carbonyl (C=O) groups is 1. The van der Waals surface area contributed by atoms with Gasteiger partial charge in [-0.25, -0.2) is 13.8 Å². The second kappa shape index (κ2) is 8.46. The fourth-order valence-electron chi connectivity index (χ4n) is 3.50. The molecule has 0 saturated carbocycles. The molecule has 0 atom stereocenters. The van der Waals surface area contributed by atoms with Crippen molar-refractivity contribution in [2.45, 2.75) is 26.2 Å². The molecule has 29 heavy (non-hydrogen) atoms. The van der Waals surface area contributed by atoms with E-state index in [2.05, 4.69) is 20.5 Å². The van der Waals surface area contributed by atoms with Crippen molar-refractivity contribution >= 4 is 33.8 Å². The predicted molar refractivity (Wildman–Crippen MR) is 109 cm³/mol. The number of benzene rings is 1. The van der Waals surface area contributed by atoms with E-state index < -0.39 is 12.3 Å². The van der Waals surface area contributed by atoms with Gasteiger partial charge in [0.15, 0.2) is 0 Å². The van der Waals surface area contributed by atoms with E-state index in [0.717, 1.165) is 26.4 Å². The Morgan fingerprint density at radius 2 is 2.03 bits per heavy atom. The summed E-state index contributed by atoms with van der Waals surface area (Å²) in [6.07, 6.45) is 0.288. The Labute approximate surface area is 171 Å². The van der Waals surface area contributed by atoms with Gasteiger partial charge < -0.3 is 5.32 Å². The molecule has 0 spiro atoms. The first-order valence-electron chi connectivity index (χ1n) is 9.48. The van der Waals surface area contributed by atoms with Crippen molar-refractivity contribution in [2.75, 3.05) is 25.0 Å². The zero-order valence-electron chi connectivity index (χ0n) is 15.9. The van der Waals surface area contributed by atoms with E-state index in [1.54, 1.807) is 6.20 Å². The van der Waals surface area contributed by atoms with Gasteiger partial charge in [-0.3, -0.25) is 9.69 Å². The monoisotopic (exact) mass is 417 g/mol. The van der Waals surface area contributed by atoms with E-state index in [1.165, 1.54) is 11.3 Å². The normalized spacial score (nSPS) is 15.9. The Hall–Kier alpha value is -2.52. The number of nitrogens with zero attached hydrogens (tertiary/aromatic N) is 4. The molecule has 0 aliphatic carbocycles. The highest BCUT2D eigenvalue weighted by atomic mass is 32.1. The molecular weight excluding hydrogens is 396 g/mol. The van der Waals surface area contributed by atoms with Crippen molar-refractivity contribution in [3.05, 3.63) is 35.5 Å². The van der Waals surface area contributed by atoms with Crippen LogP contribution in [0.5, 0.6) is 0 Å². The number of pyridine rings is 1. The number of likely N-dealkylation sites (tertiary alicyclic amines) is 1. The number of aromatic nitrogens is 3. The summed E-state index contributed by atoms with van der Waals surface area (Å²) in [6, 6.07) is 7.77. The maximum Gasteiger partial charge on any atom is 0.241 e. The topological polar surface area (TPSA) is 71.0 Å². The van der Waals surface area contributed by atoms with Crippen LogP contribution >= 0.6 is 11.3 Å². The summed E-state index contributed by atoms with van der Waals surface area (Å²) in [6.45, 7) is 3.12. The van der Waals surface area contributed by atoms with Crippen LogP contribution in [0.2, 0.25) is 0 Å². The number of hydrogen-bond donors (Lipinski definition) is 1. The van der Waals surface area contributed by atoms with E-state index in [9.17, 15) is 13.6 Å². The highest BCUT2D eigenvalue weighted by molar-refractivity contribution is 7.14. The molecule has 1 aliphatic heterocycles. The maximum atomic E-state index is 12.8. The Morgan fingerprint density at radius 1 is 1.24 bits per heavy atom. The minimum absolute atomic E-state index is 0.180. The molecule has 3 aromatic rings. The smallest absolute Gasteiger partial charge is 0.241 e. The number of amides is 1. The lowest BCUT2D eigenvalue weighted by Gasteiger charge is -2.30. The molecule has 0 radical (unpaired) electrons. The first-order chi connectivity index (χ1) is 14.0. The minimum Gasteiger partial charge on any atom is -0.310 e. The van der Waals surface area contributed by atoms with Crippen LogP contribution in [0.1, 0.15) is 17.8 Å². The van der Waals surface area contributed by atoms with Gasteiger partial charge in [-0.2, -0.15) is 0 Å². The lowest BCUT2D eigenvalue weighted by Crippen LogP contribution is -2.40. The molecule has 1 saturated heterocycles. The second-order valence-corrected chi connectivity index (χ2v) is 8.44. The van der Waals surface area contributed by atoms with E-state index >= 15 is 0 Å². The lowest BCUT2D eigenvalue weighted by molar-refractivity contribution is -0.117. The maximum absolute atomic E-state index is 12.8. The van der Waals surface area contributed by atoms with E-state index in [0.29, 0.717) is 31.7 Å². The number of rotatable bonds is 5. The molecule has 1 aliphatic rings. The van der Waals surface area contributed by atoms with Crippen molar-refractivity contribution in [1.29, 1.82) is 0 Å². The number of piperidine rings is 1. The Bertz CT molecular complexity index is 1020. The van der Waals surface area contributed by atoms with Gasteiger partial charge in [0.1, 0.15) is 15.8 Å². The zero-order valence-corrected chi connectivity index (χ0v) is 16.8. The third-order valence-electron chi connectivity index (χ3n) is 5.12. The average Bonchev–Trinajstić information content (AvgIpc) is 3.14. The van der Waals surface area contributed by atoms with Gasteiger partial charge in [0, 0.05) is 23.1 Å². The molecule has 1 N–H and O–H groups in total. The summed E-state index contributed by atoms with van der Waals surface area (Å²) in [5, 5.41) is 14.7. The predicted octanol–water partition coefficient (Wildman–Crippen LogP) is 3.98. The number of aryl methyl sites for hydroxylation is 1. The van der Waals surface area contributed by atoms with E-state index in [-0.39, 0.29) is 12.5 Å². The van der Waals surface area contributed by atoms with Gasteiger partial charge in [0.05, 0.1) is 6.54 Å². The molecule has 0 unspecified atom stereocenters. The molecule has 1 aromatic carbocycles. The number of alkyl halides is 2. The number of hydrogen-bond acceptors (Lipinski definition) is 6. The number of anilines is 1. The fourth-order valence-corrected chi connectivity index (χ4v) is 4.19.